The molecule has 4 heteroatoms. The molecule has 0 aromatic heterocycles. The maximum absolute atomic E-state index is 6.31. The van der Waals surface area contributed by atoms with Crippen LogP contribution in [0.5, 0.6) is 11.5 Å². The van der Waals surface area contributed by atoms with Crippen LogP contribution in [0.15, 0.2) is 42.5 Å². The fourth-order valence-corrected chi connectivity index (χ4v) is 6.61. The Bertz CT molecular complexity index is 844. The van der Waals surface area contributed by atoms with Crippen molar-refractivity contribution < 1.29 is 9.47 Å². The second kappa shape index (κ2) is 8.43. The number of rotatable bonds is 8. The normalized spacial score (nSPS) is 29.2. The van der Waals surface area contributed by atoms with Crippen molar-refractivity contribution >= 4 is 11.6 Å². The van der Waals surface area contributed by atoms with Crippen LogP contribution in [0.4, 0.5) is 0 Å². The molecule has 4 aliphatic carbocycles. The monoisotopic (exact) mass is 425 g/mol. The van der Waals surface area contributed by atoms with Gasteiger partial charge in [-0.1, -0.05) is 35.9 Å². The highest BCUT2D eigenvalue weighted by molar-refractivity contribution is 6.30. The van der Waals surface area contributed by atoms with Gasteiger partial charge >= 0.3 is 0 Å². The molecule has 6 rings (SSSR count). The first kappa shape index (κ1) is 20.2. The number of hydrogen-bond donors (Lipinski definition) is 1. The van der Waals surface area contributed by atoms with Crippen LogP contribution >= 0.6 is 11.6 Å². The Balaban J connectivity index is 1.32. The lowest BCUT2D eigenvalue weighted by Crippen LogP contribution is -2.58. The van der Waals surface area contributed by atoms with E-state index in [4.69, 9.17) is 21.1 Å². The Labute approximate surface area is 185 Å². The molecule has 0 saturated heterocycles. The third-order valence-corrected chi connectivity index (χ3v) is 7.60. The zero-order chi connectivity index (χ0) is 20.6. The van der Waals surface area contributed by atoms with Gasteiger partial charge in [-0.25, -0.2) is 0 Å². The first-order valence-corrected chi connectivity index (χ1v) is 11.9. The highest BCUT2D eigenvalue weighted by Crippen LogP contribution is 2.55. The maximum Gasteiger partial charge on any atom is 0.166 e. The van der Waals surface area contributed by atoms with Crippen molar-refractivity contribution in [2.24, 2.45) is 17.8 Å². The van der Waals surface area contributed by atoms with Gasteiger partial charge in [-0.3, -0.25) is 0 Å². The molecule has 4 bridgehead atoms. The minimum atomic E-state index is 0.337. The molecular formula is C26H32ClNO2. The average Bonchev–Trinajstić information content (AvgIpc) is 2.72. The molecule has 0 heterocycles. The minimum absolute atomic E-state index is 0.337. The molecule has 1 N–H and O–H groups in total. The lowest BCUT2D eigenvalue weighted by molar-refractivity contribution is -0.0206. The Hall–Kier alpha value is -1.71. The Kier molecular flexibility index (Phi) is 5.68. The third-order valence-electron chi connectivity index (χ3n) is 7.35. The summed E-state index contributed by atoms with van der Waals surface area (Å²) in [7, 11) is 0. The van der Waals surface area contributed by atoms with Crippen molar-refractivity contribution in [1.29, 1.82) is 0 Å². The summed E-state index contributed by atoms with van der Waals surface area (Å²) in [6, 6.07) is 14.1. The van der Waals surface area contributed by atoms with Gasteiger partial charge in [0.25, 0.3) is 0 Å². The van der Waals surface area contributed by atoms with E-state index < -0.39 is 0 Å². The predicted molar refractivity (Wildman–Crippen MR) is 121 cm³/mol. The average molecular weight is 426 g/mol. The van der Waals surface area contributed by atoms with Crippen molar-refractivity contribution in [3.8, 4) is 11.5 Å². The summed E-state index contributed by atoms with van der Waals surface area (Å²) in [5.41, 5.74) is 2.63. The summed E-state index contributed by atoms with van der Waals surface area (Å²) in [6.45, 7) is 3.99. The van der Waals surface area contributed by atoms with Gasteiger partial charge in [-0.2, -0.15) is 0 Å². The van der Waals surface area contributed by atoms with Crippen LogP contribution in [-0.2, 0) is 13.2 Å². The molecule has 4 fully saturated rings. The van der Waals surface area contributed by atoms with Gasteiger partial charge in [-0.15, -0.1) is 0 Å². The summed E-state index contributed by atoms with van der Waals surface area (Å²) in [6.07, 6.45) is 8.46. The number of halogens is 1. The van der Waals surface area contributed by atoms with Crippen molar-refractivity contribution in [3.05, 3.63) is 58.6 Å². The van der Waals surface area contributed by atoms with Gasteiger partial charge in [0, 0.05) is 22.7 Å². The molecule has 3 nitrogen and oxygen atoms in total. The van der Waals surface area contributed by atoms with Gasteiger partial charge in [0.2, 0.25) is 0 Å². The van der Waals surface area contributed by atoms with Gasteiger partial charge in [0.1, 0.15) is 6.61 Å². The molecule has 2 aromatic carbocycles. The van der Waals surface area contributed by atoms with Crippen molar-refractivity contribution in [3.63, 3.8) is 0 Å². The lowest BCUT2D eigenvalue weighted by Gasteiger charge is -2.57. The number of ether oxygens (including phenoxy) is 2. The van der Waals surface area contributed by atoms with E-state index in [-0.39, 0.29) is 0 Å². The number of para-hydroxylation sites is 1. The molecule has 4 saturated carbocycles. The molecule has 0 radical (unpaired) electrons. The van der Waals surface area contributed by atoms with Crippen LogP contribution < -0.4 is 14.8 Å². The molecule has 0 aliphatic heterocycles. The predicted octanol–water partition coefficient (Wildman–Crippen LogP) is 6.38. The van der Waals surface area contributed by atoms with E-state index in [1.807, 2.05) is 37.3 Å². The molecule has 4 aliphatic rings. The first-order chi connectivity index (χ1) is 14.6. The number of benzene rings is 2. The topological polar surface area (TPSA) is 30.5 Å². The van der Waals surface area contributed by atoms with E-state index in [2.05, 4.69) is 17.4 Å². The molecule has 160 valence electrons. The van der Waals surface area contributed by atoms with Crippen molar-refractivity contribution in [2.45, 2.75) is 64.1 Å². The van der Waals surface area contributed by atoms with E-state index >= 15 is 0 Å². The molecule has 0 amide bonds. The van der Waals surface area contributed by atoms with Crippen LogP contribution in [0.25, 0.3) is 0 Å². The van der Waals surface area contributed by atoms with Crippen LogP contribution in [0.2, 0.25) is 5.02 Å². The summed E-state index contributed by atoms with van der Waals surface area (Å²) >= 11 is 6.02. The molecule has 0 unspecified atom stereocenters. The summed E-state index contributed by atoms with van der Waals surface area (Å²) in [4.78, 5) is 0. The van der Waals surface area contributed by atoms with E-state index in [0.717, 1.165) is 46.4 Å². The number of nitrogens with one attached hydrogen (secondary N) is 1. The Morgan fingerprint density at radius 3 is 2.23 bits per heavy atom. The lowest BCUT2D eigenvalue weighted by atomic mass is 9.53. The van der Waals surface area contributed by atoms with Crippen LogP contribution in [0, 0.1) is 17.8 Å². The van der Waals surface area contributed by atoms with Gasteiger partial charge in [0.05, 0.1) is 6.61 Å². The fraction of sp³-hybridized carbons (Fsp3) is 0.538. The van der Waals surface area contributed by atoms with Crippen molar-refractivity contribution in [1.82, 2.24) is 5.32 Å². The standard InChI is InChI=1S/C26H32ClNO2/c1-2-29-24-5-3-4-22(25(24)30-17-18-6-8-23(27)9-7-18)16-28-26-13-19-10-20(14-26)12-21(11-19)15-26/h3-9,19-21,28H,2,10-17H2,1H3. The Morgan fingerprint density at radius 1 is 0.933 bits per heavy atom. The summed E-state index contributed by atoms with van der Waals surface area (Å²) < 4.78 is 12.2. The highest BCUT2D eigenvalue weighted by atomic mass is 35.5. The Morgan fingerprint density at radius 2 is 1.60 bits per heavy atom. The van der Waals surface area contributed by atoms with E-state index in [9.17, 15) is 0 Å². The first-order valence-electron chi connectivity index (χ1n) is 11.5. The third kappa shape index (κ3) is 4.20. The summed E-state index contributed by atoms with van der Waals surface area (Å²) in [5.74, 6) is 4.53. The van der Waals surface area contributed by atoms with Gasteiger partial charge in [0.15, 0.2) is 11.5 Å². The van der Waals surface area contributed by atoms with E-state index in [1.54, 1.807) is 0 Å². The fourth-order valence-electron chi connectivity index (χ4n) is 6.48. The summed E-state index contributed by atoms with van der Waals surface area (Å²) in [5, 5.41) is 4.75. The SMILES string of the molecule is CCOc1cccc(CNC23CC4CC(CC(C4)C2)C3)c1OCc1ccc(Cl)cc1. The van der Waals surface area contributed by atoms with Crippen LogP contribution in [0.1, 0.15) is 56.6 Å². The zero-order valence-electron chi connectivity index (χ0n) is 17.8. The van der Waals surface area contributed by atoms with Crippen LogP contribution in [-0.4, -0.2) is 12.1 Å². The molecule has 30 heavy (non-hydrogen) atoms. The smallest absolute Gasteiger partial charge is 0.166 e. The van der Waals surface area contributed by atoms with Gasteiger partial charge in [-0.05, 0) is 87.0 Å². The van der Waals surface area contributed by atoms with E-state index in [0.29, 0.717) is 18.8 Å². The molecule has 2 aromatic rings. The second-order valence-corrected chi connectivity index (χ2v) is 10.1. The van der Waals surface area contributed by atoms with E-state index in [1.165, 1.54) is 44.1 Å². The van der Waals surface area contributed by atoms with Gasteiger partial charge < -0.3 is 14.8 Å². The largest absolute Gasteiger partial charge is 0.490 e. The quantitative estimate of drug-likeness (QED) is 0.532. The zero-order valence-corrected chi connectivity index (χ0v) is 18.6. The molecular weight excluding hydrogens is 394 g/mol. The second-order valence-electron chi connectivity index (χ2n) is 9.64. The maximum atomic E-state index is 6.31. The minimum Gasteiger partial charge on any atom is -0.490 e. The molecule has 0 spiro atoms. The highest BCUT2D eigenvalue weighted by Gasteiger charge is 2.50. The van der Waals surface area contributed by atoms with Crippen molar-refractivity contribution in [2.75, 3.05) is 6.61 Å². The van der Waals surface area contributed by atoms with Crippen LogP contribution in [0.3, 0.4) is 0 Å². The molecule has 0 atom stereocenters. The number of hydrogen-bond acceptors (Lipinski definition) is 3.